The standard InChI is InChI=1S/C12H19N3O3/c16-11(17)9-2-1-3-10(9)15-7-8-6-13-4-5-14(8)12(15)18/h8-10,13H,1-7H2,(H,16,17). The van der Waals surface area contributed by atoms with Crippen LogP contribution >= 0.6 is 0 Å². The maximum absolute atomic E-state index is 12.3. The monoisotopic (exact) mass is 253 g/mol. The molecule has 0 radical (unpaired) electrons. The van der Waals surface area contributed by atoms with Gasteiger partial charge in [-0.3, -0.25) is 4.79 Å². The molecule has 3 fully saturated rings. The highest BCUT2D eigenvalue weighted by atomic mass is 16.4. The number of hydrogen-bond donors (Lipinski definition) is 2. The third-order valence-electron chi connectivity index (χ3n) is 4.45. The van der Waals surface area contributed by atoms with E-state index in [9.17, 15) is 14.7 Å². The summed E-state index contributed by atoms with van der Waals surface area (Å²) in [6.45, 7) is 3.08. The molecular formula is C12H19N3O3. The average molecular weight is 253 g/mol. The maximum Gasteiger partial charge on any atom is 0.320 e. The molecule has 3 atom stereocenters. The van der Waals surface area contributed by atoms with E-state index in [0.717, 1.165) is 32.5 Å². The van der Waals surface area contributed by atoms with Gasteiger partial charge in [-0.15, -0.1) is 0 Å². The van der Waals surface area contributed by atoms with Gasteiger partial charge in [0.25, 0.3) is 0 Å². The van der Waals surface area contributed by atoms with E-state index >= 15 is 0 Å². The fourth-order valence-electron chi connectivity index (χ4n) is 3.52. The zero-order valence-corrected chi connectivity index (χ0v) is 10.3. The summed E-state index contributed by atoms with van der Waals surface area (Å²) in [7, 11) is 0. The molecule has 0 bridgehead atoms. The van der Waals surface area contributed by atoms with Crippen LogP contribution in [0.25, 0.3) is 0 Å². The molecule has 3 aliphatic rings. The van der Waals surface area contributed by atoms with Gasteiger partial charge in [-0.25, -0.2) is 4.79 Å². The number of nitrogens with zero attached hydrogens (tertiary/aromatic N) is 2. The van der Waals surface area contributed by atoms with Crippen molar-refractivity contribution in [3.8, 4) is 0 Å². The second-order valence-electron chi connectivity index (χ2n) is 5.43. The fourth-order valence-corrected chi connectivity index (χ4v) is 3.52. The molecule has 100 valence electrons. The quantitative estimate of drug-likeness (QED) is 0.723. The van der Waals surface area contributed by atoms with E-state index in [4.69, 9.17) is 0 Å². The van der Waals surface area contributed by atoms with Crippen LogP contribution in [0.1, 0.15) is 19.3 Å². The number of carboxylic acid groups (broad SMARTS) is 1. The van der Waals surface area contributed by atoms with E-state index in [-0.39, 0.29) is 24.0 Å². The summed E-state index contributed by atoms with van der Waals surface area (Å²) in [5, 5.41) is 12.5. The number of piperazine rings is 1. The van der Waals surface area contributed by atoms with Gasteiger partial charge in [0.2, 0.25) is 0 Å². The lowest BCUT2D eigenvalue weighted by Crippen LogP contribution is -2.50. The Balaban J connectivity index is 1.76. The first kappa shape index (κ1) is 11.8. The Bertz CT molecular complexity index is 374. The summed E-state index contributed by atoms with van der Waals surface area (Å²) < 4.78 is 0. The van der Waals surface area contributed by atoms with Gasteiger partial charge in [-0.2, -0.15) is 0 Å². The van der Waals surface area contributed by atoms with Crippen LogP contribution < -0.4 is 5.32 Å². The van der Waals surface area contributed by atoms with E-state index in [2.05, 4.69) is 5.32 Å². The van der Waals surface area contributed by atoms with Crippen LogP contribution in [-0.4, -0.2) is 65.2 Å². The van der Waals surface area contributed by atoms with Gasteiger partial charge in [0.1, 0.15) is 0 Å². The molecule has 0 aromatic heterocycles. The number of fused-ring (bicyclic) bond motifs is 1. The molecule has 2 amide bonds. The minimum atomic E-state index is -0.756. The number of nitrogens with one attached hydrogen (secondary N) is 1. The average Bonchev–Trinajstić information content (AvgIpc) is 2.94. The predicted molar refractivity (Wildman–Crippen MR) is 64.2 cm³/mol. The van der Waals surface area contributed by atoms with Crippen molar-refractivity contribution in [2.45, 2.75) is 31.3 Å². The highest BCUT2D eigenvalue weighted by Crippen LogP contribution is 2.33. The topological polar surface area (TPSA) is 72.9 Å². The molecular weight excluding hydrogens is 234 g/mol. The third kappa shape index (κ3) is 1.75. The Morgan fingerprint density at radius 3 is 2.89 bits per heavy atom. The molecule has 0 aromatic carbocycles. The van der Waals surface area contributed by atoms with Gasteiger partial charge in [0.15, 0.2) is 0 Å². The molecule has 2 aliphatic heterocycles. The number of carboxylic acids is 1. The van der Waals surface area contributed by atoms with E-state index in [1.807, 2.05) is 9.80 Å². The van der Waals surface area contributed by atoms with E-state index in [1.165, 1.54) is 0 Å². The smallest absolute Gasteiger partial charge is 0.320 e. The van der Waals surface area contributed by atoms with Crippen LogP contribution in [0.3, 0.4) is 0 Å². The first-order chi connectivity index (χ1) is 8.68. The summed E-state index contributed by atoms with van der Waals surface area (Å²) in [4.78, 5) is 27.3. The van der Waals surface area contributed by atoms with Crippen molar-refractivity contribution in [1.29, 1.82) is 0 Å². The predicted octanol–water partition coefficient (Wildman–Crippen LogP) is -0.0509. The Morgan fingerprint density at radius 1 is 1.33 bits per heavy atom. The summed E-state index contributed by atoms with van der Waals surface area (Å²) in [5.41, 5.74) is 0. The third-order valence-corrected chi connectivity index (χ3v) is 4.45. The molecule has 18 heavy (non-hydrogen) atoms. The fraction of sp³-hybridized carbons (Fsp3) is 0.833. The van der Waals surface area contributed by atoms with Gasteiger partial charge >= 0.3 is 12.0 Å². The first-order valence-electron chi connectivity index (χ1n) is 6.69. The lowest BCUT2D eigenvalue weighted by molar-refractivity contribution is -0.142. The summed E-state index contributed by atoms with van der Waals surface area (Å²) >= 11 is 0. The normalized spacial score (nSPS) is 36.0. The summed E-state index contributed by atoms with van der Waals surface area (Å²) in [5.74, 6) is -1.13. The highest BCUT2D eigenvalue weighted by Gasteiger charge is 2.46. The van der Waals surface area contributed by atoms with Crippen molar-refractivity contribution >= 4 is 12.0 Å². The van der Waals surface area contributed by atoms with Gasteiger partial charge < -0.3 is 20.2 Å². The van der Waals surface area contributed by atoms with Crippen molar-refractivity contribution < 1.29 is 14.7 Å². The van der Waals surface area contributed by atoms with Crippen LogP contribution in [0.2, 0.25) is 0 Å². The van der Waals surface area contributed by atoms with Crippen LogP contribution in [0.15, 0.2) is 0 Å². The Labute approximate surface area is 106 Å². The van der Waals surface area contributed by atoms with Gasteiger partial charge in [0.05, 0.1) is 12.0 Å². The number of rotatable bonds is 2. The molecule has 6 heteroatoms. The molecule has 2 N–H and O–H groups in total. The molecule has 2 heterocycles. The molecule has 3 rings (SSSR count). The number of hydrogen-bond acceptors (Lipinski definition) is 3. The van der Waals surface area contributed by atoms with Gasteiger partial charge in [0, 0.05) is 32.2 Å². The Kier molecular flexibility index (Phi) is 2.89. The van der Waals surface area contributed by atoms with Gasteiger partial charge in [-0.05, 0) is 12.8 Å². The van der Waals surface area contributed by atoms with Crippen LogP contribution in [-0.2, 0) is 4.79 Å². The van der Waals surface area contributed by atoms with Crippen molar-refractivity contribution in [2.75, 3.05) is 26.2 Å². The lowest BCUT2D eigenvalue weighted by Gasteiger charge is -2.29. The van der Waals surface area contributed by atoms with Crippen LogP contribution in [0.5, 0.6) is 0 Å². The zero-order valence-electron chi connectivity index (χ0n) is 10.3. The van der Waals surface area contributed by atoms with Crippen molar-refractivity contribution in [3.63, 3.8) is 0 Å². The second kappa shape index (κ2) is 4.42. The molecule has 0 spiro atoms. The minimum absolute atomic E-state index is 0.0413. The van der Waals surface area contributed by atoms with E-state index in [1.54, 1.807) is 0 Å². The molecule has 6 nitrogen and oxygen atoms in total. The van der Waals surface area contributed by atoms with Crippen LogP contribution in [0.4, 0.5) is 4.79 Å². The molecule has 2 saturated heterocycles. The van der Waals surface area contributed by atoms with Crippen LogP contribution in [0, 0.1) is 5.92 Å². The zero-order chi connectivity index (χ0) is 12.7. The SMILES string of the molecule is O=C(O)C1CCCC1N1CC2CNCCN2C1=O. The van der Waals surface area contributed by atoms with Crippen molar-refractivity contribution in [2.24, 2.45) is 5.92 Å². The van der Waals surface area contributed by atoms with Crippen molar-refractivity contribution in [1.82, 2.24) is 15.1 Å². The second-order valence-corrected chi connectivity index (χ2v) is 5.43. The Hall–Kier alpha value is -1.30. The molecule has 0 aromatic rings. The molecule has 1 saturated carbocycles. The van der Waals surface area contributed by atoms with E-state index in [0.29, 0.717) is 13.0 Å². The maximum atomic E-state index is 12.3. The number of aliphatic carboxylic acids is 1. The molecule has 1 aliphatic carbocycles. The lowest BCUT2D eigenvalue weighted by atomic mass is 10.0. The number of carbonyl (C=O) groups is 2. The summed E-state index contributed by atoms with van der Waals surface area (Å²) in [6, 6.07) is 0.168. The highest BCUT2D eigenvalue weighted by molar-refractivity contribution is 5.79. The van der Waals surface area contributed by atoms with Crippen molar-refractivity contribution in [3.05, 3.63) is 0 Å². The Morgan fingerprint density at radius 2 is 2.17 bits per heavy atom. The number of urea groups is 1. The minimum Gasteiger partial charge on any atom is -0.481 e. The first-order valence-corrected chi connectivity index (χ1v) is 6.69. The number of carbonyl (C=O) groups excluding carboxylic acids is 1. The van der Waals surface area contributed by atoms with Gasteiger partial charge in [-0.1, -0.05) is 6.42 Å². The van der Waals surface area contributed by atoms with E-state index < -0.39 is 5.97 Å². The molecule has 3 unspecified atom stereocenters. The number of amides is 2. The summed E-state index contributed by atoms with van der Waals surface area (Å²) in [6.07, 6.45) is 2.44. The largest absolute Gasteiger partial charge is 0.481 e.